The van der Waals surface area contributed by atoms with Gasteiger partial charge >= 0.3 is 0 Å². The molecule has 0 aromatic heterocycles. The predicted octanol–water partition coefficient (Wildman–Crippen LogP) is 3.86. The van der Waals surface area contributed by atoms with E-state index in [1.54, 1.807) is 13.0 Å². The van der Waals surface area contributed by atoms with Gasteiger partial charge in [-0.25, -0.2) is 4.39 Å². The third-order valence-corrected chi connectivity index (χ3v) is 3.33. The molecule has 0 heterocycles. The van der Waals surface area contributed by atoms with Crippen LogP contribution in [0.4, 0.5) is 4.39 Å². The molecule has 2 aromatic rings. The van der Waals surface area contributed by atoms with Gasteiger partial charge in [-0.05, 0) is 55.7 Å². The topological polar surface area (TPSA) is 29.5 Å². The van der Waals surface area contributed by atoms with Gasteiger partial charge in [0.1, 0.15) is 24.3 Å². The van der Waals surface area contributed by atoms with Crippen LogP contribution < -0.4 is 4.74 Å². The molecule has 0 saturated carbocycles. The van der Waals surface area contributed by atoms with Crippen LogP contribution >= 0.6 is 0 Å². The second-order valence-electron chi connectivity index (χ2n) is 5.10. The molecule has 0 radical (unpaired) electrons. The highest BCUT2D eigenvalue weighted by Crippen LogP contribution is 2.23. The van der Waals surface area contributed by atoms with Gasteiger partial charge in [-0.15, -0.1) is 0 Å². The van der Waals surface area contributed by atoms with Gasteiger partial charge in [0.15, 0.2) is 0 Å². The second-order valence-corrected chi connectivity index (χ2v) is 5.10. The highest BCUT2D eigenvalue weighted by atomic mass is 19.1. The summed E-state index contributed by atoms with van der Waals surface area (Å²) in [5.74, 6) is 0.306. The van der Waals surface area contributed by atoms with Crippen LogP contribution in [0.3, 0.4) is 0 Å². The monoisotopic (exact) mass is 274 g/mol. The predicted molar refractivity (Wildman–Crippen MR) is 77.5 cm³/mol. The van der Waals surface area contributed by atoms with Gasteiger partial charge in [0, 0.05) is 0 Å². The number of benzene rings is 2. The fourth-order valence-corrected chi connectivity index (χ4v) is 2.15. The van der Waals surface area contributed by atoms with Gasteiger partial charge in [-0.1, -0.05) is 23.8 Å². The van der Waals surface area contributed by atoms with E-state index in [1.807, 2.05) is 32.0 Å². The number of ether oxygens (including phenoxy) is 1. The maximum absolute atomic E-state index is 13.0. The third-order valence-electron chi connectivity index (χ3n) is 3.33. The average molecular weight is 274 g/mol. The first-order valence-electron chi connectivity index (χ1n) is 6.61. The summed E-state index contributed by atoms with van der Waals surface area (Å²) in [4.78, 5) is 0. The quantitative estimate of drug-likeness (QED) is 0.917. The van der Waals surface area contributed by atoms with Crippen molar-refractivity contribution in [2.75, 3.05) is 6.61 Å². The minimum atomic E-state index is -0.695. The number of aliphatic hydroxyl groups is 1. The summed E-state index contributed by atoms with van der Waals surface area (Å²) in [6.07, 6.45) is -0.695. The van der Waals surface area contributed by atoms with E-state index < -0.39 is 6.10 Å². The molecule has 0 bridgehead atoms. The summed E-state index contributed by atoms with van der Waals surface area (Å²) in [6, 6.07) is 10.3. The maximum atomic E-state index is 13.0. The van der Waals surface area contributed by atoms with Crippen molar-refractivity contribution < 1.29 is 14.2 Å². The molecule has 0 amide bonds. The number of halogens is 1. The molecule has 2 rings (SSSR count). The lowest BCUT2D eigenvalue weighted by molar-refractivity contribution is 0.107. The number of aryl methyl sites for hydroxylation is 3. The first kappa shape index (κ1) is 14.5. The van der Waals surface area contributed by atoms with E-state index in [4.69, 9.17) is 4.74 Å². The molecule has 0 aliphatic heterocycles. The van der Waals surface area contributed by atoms with Crippen LogP contribution in [0.2, 0.25) is 0 Å². The molecular weight excluding hydrogens is 255 g/mol. The van der Waals surface area contributed by atoms with E-state index in [9.17, 15) is 9.50 Å². The van der Waals surface area contributed by atoms with Crippen molar-refractivity contribution in [3.05, 3.63) is 64.5 Å². The zero-order valence-corrected chi connectivity index (χ0v) is 12.0. The van der Waals surface area contributed by atoms with Crippen LogP contribution in [0, 0.1) is 26.6 Å². The van der Waals surface area contributed by atoms with Gasteiger partial charge in [0.25, 0.3) is 0 Å². The average Bonchev–Trinajstić information content (AvgIpc) is 2.40. The maximum Gasteiger partial charge on any atom is 0.123 e. The first-order chi connectivity index (χ1) is 9.47. The summed E-state index contributed by atoms with van der Waals surface area (Å²) in [7, 11) is 0. The normalized spacial score (nSPS) is 12.2. The third kappa shape index (κ3) is 3.36. The molecule has 0 aliphatic rings. The van der Waals surface area contributed by atoms with Gasteiger partial charge in [0.05, 0.1) is 0 Å². The minimum absolute atomic E-state index is 0.150. The van der Waals surface area contributed by atoms with E-state index >= 15 is 0 Å². The largest absolute Gasteiger partial charge is 0.490 e. The van der Waals surface area contributed by atoms with Crippen molar-refractivity contribution in [2.24, 2.45) is 0 Å². The molecule has 0 aliphatic carbocycles. The molecule has 2 nitrogen and oxygen atoms in total. The van der Waals surface area contributed by atoms with E-state index in [-0.39, 0.29) is 12.4 Å². The Morgan fingerprint density at radius 3 is 2.50 bits per heavy atom. The molecule has 0 spiro atoms. The summed E-state index contributed by atoms with van der Waals surface area (Å²) < 4.78 is 18.6. The SMILES string of the molecule is Cc1ccc(C)c(C(O)COc2ccc(F)cc2C)c1. The molecule has 0 fully saturated rings. The van der Waals surface area contributed by atoms with Crippen molar-refractivity contribution in [2.45, 2.75) is 26.9 Å². The van der Waals surface area contributed by atoms with E-state index in [0.717, 1.165) is 22.3 Å². The molecule has 1 atom stereocenters. The van der Waals surface area contributed by atoms with Crippen molar-refractivity contribution in [3.8, 4) is 5.75 Å². The fourth-order valence-electron chi connectivity index (χ4n) is 2.15. The highest BCUT2D eigenvalue weighted by molar-refractivity contribution is 5.34. The Morgan fingerprint density at radius 1 is 1.05 bits per heavy atom. The van der Waals surface area contributed by atoms with Crippen molar-refractivity contribution in [1.29, 1.82) is 0 Å². The Balaban J connectivity index is 2.08. The molecule has 1 unspecified atom stereocenters. The Labute approximate surface area is 118 Å². The summed E-state index contributed by atoms with van der Waals surface area (Å²) in [6.45, 7) is 5.88. The lowest BCUT2D eigenvalue weighted by Crippen LogP contribution is -2.11. The lowest BCUT2D eigenvalue weighted by atomic mass is 10.0. The second kappa shape index (κ2) is 6.06. The van der Waals surface area contributed by atoms with Crippen LogP contribution in [0.5, 0.6) is 5.75 Å². The summed E-state index contributed by atoms with van der Waals surface area (Å²) >= 11 is 0. The Morgan fingerprint density at radius 2 is 1.80 bits per heavy atom. The smallest absolute Gasteiger partial charge is 0.123 e. The van der Waals surface area contributed by atoms with Crippen molar-refractivity contribution in [3.63, 3.8) is 0 Å². The minimum Gasteiger partial charge on any atom is -0.490 e. The van der Waals surface area contributed by atoms with Crippen LogP contribution in [0.1, 0.15) is 28.4 Å². The molecule has 106 valence electrons. The Bertz CT molecular complexity index is 608. The first-order valence-corrected chi connectivity index (χ1v) is 6.61. The molecular formula is C17H19FO2. The Hall–Kier alpha value is -1.87. The lowest BCUT2D eigenvalue weighted by Gasteiger charge is -2.16. The van der Waals surface area contributed by atoms with Crippen LogP contribution in [0.15, 0.2) is 36.4 Å². The zero-order chi connectivity index (χ0) is 14.7. The fraction of sp³-hybridized carbons (Fsp3) is 0.294. The molecule has 3 heteroatoms. The van der Waals surface area contributed by atoms with Gasteiger partial charge < -0.3 is 9.84 Å². The summed E-state index contributed by atoms with van der Waals surface area (Å²) in [5, 5.41) is 10.2. The number of aliphatic hydroxyl groups excluding tert-OH is 1. The van der Waals surface area contributed by atoms with Crippen LogP contribution in [-0.4, -0.2) is 11.7 Å². The van der Waals surface area contributed by atoms with Gasteiger partial charge in [0.2, 0.25) is 0 Å². The van der Waals surface area contributed by atoms with E-state index in [1.165, 1.54) is 12.1 Å². The van der Waals surface area contributed by atoms with Crippen molar-refractivity contribution in [1.82, 2.24) is 0 Å². The number of hydrogen-bond donors (Lipinski definition) is 1. The molecule has 1 N–H and O–H groups in total. The standard InChI is InChI=1S/C17H19FO2/c1-11-4-5-12(2)15(8-11)16(19)10-20-17-7-6-14(18)9-13(17)3/h4-9,16,19H,10H2,1-3H3. The molecule has 0 saturated heterocycles. The highest BCUT2D eigenvalue weighted by Gasteiger charge is 2.12. The van der Waals surface area contributed by atoms with E-state index in [2.05, 4.69) is 0 Å². The number of rotatable bonds is 4. The van der Waals surface area contributed by atoms with Crippen LogP contribution in [0.25, 0.3) is 0 Å². The van der Waals surface area contributed by atoms with Gasteiger partial charge in [-0.3, -0.25) is 0 Å². The molecule has 20 heavy (non-hydrogen) atoms. The molecule has 2 aromatic carbocycles. The number of hydrogen-bond acceptors (Lipinski definition) is 2. The van der Waals surface area contributed by atoms with Gasteiger partial charge in [-0.2, -0.15) is 0 Å². The van der Waals surface area contributed by atoms with Crippen molar-refractivity contribution >= 4 is 0 Å². The Kier molecular flexibility index (Phi) is 4.40. The van der Waals surface area contributed by atoms with Crippen LogP contribution in [-0.2, 0) is 0 Å². The summed E-state index contributed by atoms with van der Waals surface area (Å²) in [5.41, 5.74) is 3.72. The zero-order valence-electron chi connectivity index (χ0n) is 12.0. The van der Waals surface area contributed by atoms with E-state index in [0.29, 0.717) is 5.75 Å².